The van der Waals surface area contributed by atoms with Gasteiger partial charge in [0.2, 0.25) is 5.91 Å². The number of benzene rings is 1. The van der Waals surface area contributed by atoms with Gasteiger partial charge in [-0.3, -0.25) is 4.79 Å². The number of carbonyl (C=O) groups excluding carboxylic acids is 1. The van der Waals surface area contributed by atoms with Crippen LogP contribution >= 0.6 is 0 Å². The van der Waals surface area contributed by atoms with Crippen molar-refractivity contribution in [2.45, 2.75) is 26.8 Å². The topological polar surface area (TPSA) is 103 Å². The van der Waals surface area contributed by atoms with Crippen molar-refractivity contribution in [1.82, 2.24) is 0 Å². The average molecular weight is 256 g/mol. The fraction of sp³-hybridized carbons (Fsp3) is 0.357. The van der Waals surface area contributed by atoms with Crippen LogP contribution in [-0.2, 0) is 4.79 Å². The number of hydrogen-bond acceptors (Lipinski definition) is 4. The van der Waals surface area contributed by atoms with Crippen molar-refractivity contribution in [2.75, 3.05) is 5.32 Å². The molecule has 0 saturated carbocycles. The Morgan fingerprint density at radius 1 is 1.26 bits per heavy atom. The third-order valence-corrected chi connectivity index (χ3v) is 2.74. The van der Waals surface area contributed by atoms with Gasteiger partial charge in [0.25, 0.3) is 0 Å². The van der Waals surface area contributed by atoms with Crippen molar-refractivity contribution < 1.29 is 4.79 Å². The quantitative estimate of drug-likeness (QED) is 0.841. The molecule has 1 aromatic rings. The van der Waals surface area contributed by atoms with E-state index in [1.807, 2.05) is 32.9 Å². The fourth-order valence-electron chi connectivity index (χ4n) is 1.43. The standard InChI is InChI=1S/C14H16N4O/c1-14(2,3)12(17)13(19)18-11-5-4-9(7-15)10(6-11)8-16/h4-6,12H,17H2,1-3H3,(H,18,19)/t12-/m0/s1. The molecule has 0 aliphatic carbocycles. The Morgan fingerprint density at radius 2 is 1.84 bits per heavy atom. The van der Waals surface area contributed by atoms with Gasteiger partial charge >= 0.3 is 0 Å². The number of hydrogen-bond donors (Lipinski definition) is 2. The lowest BCUT2D eigenvalue weighted by atomic mass is 9.87. The molecule has 1 amide bonds. The molecule has 5 nitrogen and oxygen atoms in total. The summed E-state index contributed by atoms with van der Waals surface area (Å²) in [7, 11) is 0. The van der Waals surface area contributed by atoms with Crippen LogP contribution in [0.3, 0.4) is 0 Å². The maximum atomic E-state index is 11.9. The van der Waals surface area contributed by atoms with E-state index in [4.69, 9.17) is 16.3 Å². The molecular formula is C14H16N4O. The summed E-state index contributed by atoms with van der Waals surface area (Å²) < 4.78 is 0. The SMILES string of the molecule is CC(C)(C)[C@@H](N)C(=O)Nc1ccc(C#N)c(C#N)c1. The first-order valence-corrected chi connectivity index (χ1v) is 5.80. The predicted molar refractivity (Wildman–Crippen MR) is 71.9 cm³/mol. The zero-order valence-electron chi connectivity index (χ0n) is 11.2. The molecule has 1 aromatic carbocycles. The van der Waals surface area contributed by atoms with Gasteiger partial charge in [-0.15, -0.1) is 0 Å². The minimum Gasteiger partial charge on any atom is -0.325 e. The molecule has 98 valence electrons. The Morgan fingerprint density at radius 3 is 2.32 bits per heavy atom. The first-order valence-electron chi connectivity index (χ1n) is 5.80. The molecule has 5 heteroatoms. The molecule has 0 spiro atoms. The van der Waals surface area contributed by atoms with Crippen LogP contribution < -0.4 is 11.1 Å². The third-order valence-electron chi connectivity index (χ3n) is 2.74. The molecule has 0 aliphatic heterocycles. The van der Waals surface area contributed by atoms with Gasteiger partial charge in [0.05, 0.1) is 17.2 Å². The van der Waals surface area contributed by atoms with E-state index in [-0.39, 0.29) is 22.4 Å². The lowest BCUT2D eigenvalue weighted by Crippen LogP contribution is -2.45. The van der Waals surface area contributed by atoms with Crippen LogP contribution in [0.25, 0.3) is 0 Å². The number of carbonyl (C=O) groups is 1. The maximum Gasteiger partial charge on any atom is 0.241 e. The van der Waals surface area contributed by atoms with Crippen LogP contribution in [0.4, 0.5) is 5.69 Å². The van der Waals surface area contributed by atoms with E-state index in [1.165, 1.54) is 12.1 Å². The van der Waals surface area contributed by atoms with Crippen LogP contribution in [0.1, 0.15) is 31.9 Å². The summed E-state index contributed by atoms with van der Waals surface area (Å²) in [4.78, 5) is 11.9. The number of amides is 1. The number of rotatable bonds is 2. The van der Waals surface area contributed by atoms with E-state index in [9.17, 15) is 4.79 Å². The Bertz CT molecular complexity index is 573. The number of nitriles is 2. The number of nitrogens with two attached hydrogens (primary N) is 1. The zero-order chi connectivity index (χ0) is 14.6. The average Bonchev–Trinajstić information content (AvgIpc) is 2.36. The number of nitrogens with zero attached hydrogens (tertiary/aromatic N) is 2. The summed E-state index contributed by atoms with van der Waals surface area (Å²) in [6, 6.07) is 7.71. The van der Waals surface area contributed by atoms with Gasteiger partial charge in [0.15, 0.2) is 0 Å². The summed E-state index contributed by atoms with van der Waals surface area (Å²) >= 11 is 0. The first-order chi connectivity index (χ1) is 8.79. The van der Waals surface area contributed by atoms with Crippen molar-refractivity contribution >= 4 is 11.6 Å². The molecule has 0 aliphatic rings. The molecule has 19 heavy (non-hydrogen) atoms. The van der Waals surface area contributed by atoms with E-state index in [2.05, 4.69) is 5.32 Å². The Kier molecular flexibility index (Phi) is 4.26. The van der Waals surface area contributed by atoms with Crippen LogP contribution in [0, 0.1) is 28.1 Å². The van der Waals surface area contributed by atoms with Gasteiger partial charge in [-0.1, -0.05) is 20.8 Å². The lowest BCUT2D eigenvalue weighted by molar-refractivity contribution is -0.119. The fourth-order valence-corrected chi connectivity index (χ4v) is 1.43. The molecule has 3 N–H and O–H groups in total. The molecule has 0 aromatic heterocycles. The second-order valence-corrected chi connectivity index (χ2v) is 5.32. The highest BCUT2D eigenvalue weighted by atomic mass is 16.2. The molecular weight excluding hydrogens is 240 g/mol. The second kappa shape index (κ2) is 5.51. The summed E-state index contributed by atoms with van der Waals surface area (Å²) in [5.41, 5.74) is 6.45. The summed E-state index contributed by atoms with van der Waals surface area (Å²) in [6.07, 6.45) is 0. The van der Waals surface area contributed by atoms with Gasteiger partial charge in [0.1, 0.15) is 12.1 Å². The van der Waals surface area contributed by atoms with Crippen molar-refractivity contribution in [3.05, 3.63) is 29.3 Å². The second-order valence-electron chi connectivity index (χ2n) is 5.32. The summed E-state index contributed by atoms with van der Waals surface area (Å²) in [5.74, 6) is -0.318. The Balaban J connectivity index is 2.94. The molecule has 0 radical (unpaired) electrons. The summed E-state index contributed by atoms with van der Waals surface area (Å²) in [5, 5.41) is 20.4. The maximum absolute atomic E-state index is 11.9. The van der Waals surface area contributed by atoms with Gasteiger partial charge < -0.3 is 11.1 Å². The smallest absolute Gasteiger partial charge is 0.241 e. The van der Waals surface area contributed by atoms with Crippen LogP contribution in [0.2, 0.25) is 0 Å². The molecule has 0 saturated heterocycles. The lowest BCUT2D eigenvalue weighted by Gasteiger charge is -2.25. The first kappa shape index (κ1) is 14.7. The minimum absolute atomic E-state index is 0.227. The Hall–Kier alpha value is -2.37. The highest BCUT2D eigenvalue weighted by molar-refractivity contribution is 5.95. The van der Waals surface area contributed by atoms with E-state index in [0.717, 1.165) is 0 Å². The summed E-state index contributed by atoms with van der Waals surface area (Å²) in [6.45, 7) is 5.62. The monoisotopic (exact) mass is 256 g/mol. The molecule has 1 rings (SSSR count). The highest BCUT2D eigenvalue weighted by Crippen LogP contribution is 2.20. The van der Waals surface area contributed by atoms with Gasteiger partial charge in [-0.2, -0.15) is 10.5 Å². The third kappa shape index (κ3) is 3.54. The van der Waals surface area contributed by atoms with Crippen molar-refractivity contribution in [3.63, 3.8) is 0 Å². The van der Waals surface area contributed by atoms with Gasteiger partial charge in [-0.05, 0) is 23.6 Å². The van der Waals surface area contributed by atoms with Gasteiger partial charge in [-0.25, -0.2) is 0 Å². The van der Waals surface area contributed by atoms with Crippen LogP contribution in [0.15, 0.2) is 18.2 Å². The molecule has 0 bridgehead atoms. The molecule has 0 unspecified atom stereocenters. The van der Waals surface area contributed by atoms with Crippen LogP contribution in [0.5, 0.6) is 0 Å². The number of anilines is 1. The largest absolute Gasteiger partial charge is 0.325 e. The predicted octanol–water partition coefficient (Wildman–Crippen LogP) is 1.74. The normalized spacial score (nSPS) is 12.1. The Labute approximate surface area is 112 Å². The zero-order valence-corrected chi connectivity index (χ0v) is 11.2. The van der Waals surface area contributed by atoms with Crippen LogP contribution in [-0.4, -0.2) is 11.9 Å². The number of nitrogens with one attached hydrogen (secondary N) is 1. The van der Waals surface area contributed by atoms with Crippen molar-refractivity contribution in [3.8, 4) is 12.1 Å². The minimum atomic E-state index is -0.659. The molecule has 0 heterocycles. The van der Waals surface area contributed by atoms with E-state index >= 15 is 0 Å². The molecule has 1 atom stereocenters. The van der Waals surface area contributed by atoms with E-state index < -0.39 is 6.04 Å². The van der Waals surface area contributed by atoms with Crippen molar-refractivity contribution in [1.29, 1.82) is 10.5 Å². The highest BCUT2D eigenvalue weighted by Gasteiger charge is 2.27. The van der Waals surface area contributed by atoms with E-state index in [0.29, 0.717) is 5.69 Å². The van der Waals surface area contributed by atoms with E-state index in [1.54, 1.807) is 6.07 Å². The van der Waals surface area contributed by atoms with Gasteiger partial charge in [0, 0.05) is 5.69 Å². The molecule has 0 fully saturated rings. The van der Waals surface area contributed by atoms with Crippen molar-refractivity contribution in [2.24, 2.45) is 11.1 Å².